The molecule has 3 rings (SSSR count). The van der Waals surface area contributed by atoms with Crippen molar-refractivity contribution < 1.29 is 19.5 Å². The Morgan fingerprint density at radius 3 is 2.39 bits per heavy atom. The molecule has 1 aliphatic heterocycles. The second-order valence-electron chi connectivity index (χ2n) is 7.46. The molecule has 0 spiro atoms. The number of likely N-dealkylation sites (tertiary alicyclic amines) is 1. The Morgan fingerprint density at radius 1 is 1.14 bits per heavy atom. The van der Waals surface area contributed by atoms with Crippen LogP contribution in [-0.4, -0.2) is 50.7 Å². The summed E-state index contributed by atoms with van der Waals surface area (Å²) >= 11 is 0. The van der Waals surface area contributed by atoms with Crippen LogP contribution in [0.4, 0.5) is 5.69 Å². The Kier molecular flexibility index (Phi) is 5.48. The number of hydrogen-bond donors (Lipinski definition) is 2. The largest absolute Gasteiger partial charge is 0.479 e. The zero-order valence-corrected chi connectivity index (χ0v) is 16.0. The zero-order valence-electron chi connectivity index (χ0n) is 16.0. The summed E-state index contributed by atoms with van der Waals surface area (Å²) in [4.78, 5) is 38.1. The normalized spacial score (nSPS) is 15.3. The van der Waals surface area contributed by atoms with Gasteiger partial charge >= 0.3 is 5.97 Å². The minimum atomic E-state index is -1.20. The summed E-state index contributed by atoms with van der Waals surface area (Å²) in [6.45, 7) is 4.12. The number of aliphatic carboxylic acids is 1. The Bertz CT molecular complexity index is 867. The van der Waals surface area contributed by atoms with Crippen molar-refractivity contribution in [2.45, 2.75) is 32.2 Å². The van der Waals surface area contributed by atoms with Crippen LogP contribution in [0.3, 0.4) is 0 Å². The maximum atomic E-state index is 12.5. The molecule has 0 atom stereocenters. The number of carboxylic acids is 1. The smallest absolute Gasteiger partial charge is 0.331 e. The molecule has 2 amide bonds. The van der Waals surface area contributed by atoms with Crippen LogP contribution < -0.4 is 5.32 Å². The third-order valence-corrected chi connectivity index (χ3v) is 5.12. The molecule has 1 aliphatic rings. The van der Waals surface area contributed by atoms with E-state index in [9.17, 15) is 19.5 Å². The maximum absolute atomic E-state index is 12.5. The van der Waals surface area contributed by atoms with Crippen LogP contribution in [-0.2, 0) is 15.1 Å². The van der Waals surface area contributed by atoms with Crippen molar-refractivity contribution in [1.29, 1.82) is 0 Å². The van der Waals surface area contributed by atoms with Crippen molar-refractivity contribution in [2.75, 3.05) is 18.4 Å². The number of nitrogens with zero attached hydrogens (tertiary/aromatic N) is 3. The van der Waals surface area contributed by atoms with Crippen molar-refractivity contribution >= 4 is 23.5 Å². The van der Waals surface area contributed by atoms with Gasteiger partial charge in [-0.2, -0.15) is 5.10 Å². The van der Waals surface area contributed by atoms with E-state index in [1.807, 2.05) is 18.2 Å². The summed E-state index contributed by atoms with van der Waals surface area (Å²) in [5.74, 6) is -1.37. The predicted molar refractivity (Wildman–Crippen MR) is 103 cm³/mol. The number of piperidine rings is 1. The molecule has 1 aromatic carbocycles. The third-order valence-electron chi connectivity index (χ3n) is 5.12. The highest BCUT2D eigenvalue weighted by Gasteiger charge is 2.31. The quantitative estimate of drug-likeness (QED) is 0.822. The molecule has 8 nitrogen and oxygen atoms in total. The molecular weight excluding hydrogens is 360 g/mol. The van der Waals surface area contributed by atoms with Crippen molar-refractivity contribution in [1.82, 2.24) is 14.7 Å². The average Bonchev–Trinajstić information content (AvgIpc) is 3.17. The van der Waals surface area contributed by atoms with Gasteiger partial charge in [0.25, 0.3) is 5.91 Å². The molecule has 28 heavy (non-hydrogen) atoms. The Morgan fingerprint density at radius 2 is 1.79 bits per heavy atom. The van der Waals surface area contributed by atoms with E-state index in [0.717, 1.165) is 0 Å². The van der Waals surface area contributed by atoms with Gasteiger partial charge in [0, 0.05) is 30.8 Å². The Hall–Kier alpha value is -3.16. The lowest BCUT2D eigenvalue weighted by Crippen LogP contribution is -2.41. The van der Waals surface area contributed by atoms with Crippen LogP contribution in [0.2, 0.25) is 0 Å². The summed E-state index contributed by atoms with van der Waals surface area (Å²) < 4.78 is 1.31. The van der Waals surface area contributed by atoms with Gasteiger partial charge in [0.1, 0.15) is 0 Å². The zero-order chi connectivity index (χ0) is 20.3. The molecular formula is C20H24N4O4. The second-order valence-corrected chi connectivity index (χ2v) is 7.46. The first-order chi connectivity index (χ1) is 13.3. The van der Waals surface area contributed by atoms with Crippen molar-refractivity contribution in [3.63, 3.8) is 0 Å². The van der Waals surface area contributed by atoms with Crippen LogP contribution in [0, 0.1) is 5.92 Å². The van der Waals surface area contributed by atoms with Crippen LogP contribution in [0.25, 0.3) is 0 Å². The van der Waals surface area contributed by atoms with Crippen LogP contribution in [0.5, 0.6) is 0 Å². The monoisotopic (exact) mass is 384 g/mol. The topological polar surface area (TPSA) is 105 Å². The fourth-order valence-corrected chi connectivity index (χ4v) is 3.14. The average molecular weight is 384 g/mol. The number of benzene rings is 1. The number of amides is 2. The van der Waals surface area contributed by atoms with Crippen molar-refractivity contribution in [3.05, 3.63) is 48.3 Å². The number of aromatic nitrogens is 2. The van der Waals surface area contributed by atoms with E-state index in [1.165, 1.54) is 30.9 Å². The van der Waals surface area contributed by atoms with Crippen LogP contribution >= 0.6 is 0 Å². The molecule has 0 bridgehead atoms. The summed E-state index contributed by atoms with van der Waals surface area (Å²) in [5, 5.41) is 16.1. The molecule has 1 saturated heterocycles. The maximum Gasteiger partial charge on any atom is 0.331 e. The molecule has 2 heterocycles. The molecule has 148 valence electrons. The molecule has 0 saturated carbocycles. The number of anilines is 1. The lowest BCUT2D eigenvalue weighted by molar-refractivity contribution is -0.146. The van der Waals surface area contributed by atoms with Gasteiger partial charge in [-0.25, -0.2) is 4.79 Å². The summed E-state index contributed by atoms with van der Waals surface area (Å²) in [6, 6.07) is 9.11. The van der Waals surface area contributed by atoms with Crippen molar-refractivity contribution in [2.24, 2.45) is 5.92 Å². The van der Waals surface area contributed by atoms with E-state index < -0.39 is 11.5 Å². The Balaban J connectivity index is 1.55. The molecule has 8 heteroatoms. The highest BCUT2D eigenvalue weighted by molar-refractivity contribution is 5.95. The van der Waals surface area contributed by atoms with Crippen LogP contribution in [0.15, 0.2) is 42.7 Å². The fourth-order valence-electron chi connectivity index (χ4n) is 3.14. The number of carbonyl (C=O) groups excluding carboxylic acids is 2. The molecule has 0 aliphatic carbocycles. The van der Waals surface area contributed by atoms with Gasteiger partial charge in [0.2, 0.25) is 5.91 Å². The van der Waals surface area contributed by atoms with E-state index in [2.05, 4.69) is 10.4 Å². The van der Waals surface area contributed by atoms with Gasteiger partial charge in [-0.05, 0) is 38.8 Å². The standard InChI is InChI=1S/C20H24N4O4/c1-20(2,19(27)28)24-13-16(12-21-24)22-17(25)14-8-10-23(11-9-14)18(26)15-6-4-3-5-7-15/h3-7,12-14H,8-11H2,1-2H3,(H,22,25)(H,27,28). The first-order valence-electron chi connectivity index (χ1n) is 9.23. The van der Waals surface area contributed by atoms with Gasteiger partial charge in [-0.3, -0.25) is 14.3 Å². The van der Waals surface area contributed by atoms with Gasteiger partial charge in [-0.1, -0.05) is 18.2 Å². The van der Waals surface area contributed by atoms with E-state index in [4.69, 9.17) is 0 Å². The number of nitrogens with one attached hydrogen (secondary N) is 1. The highest BCUT2D eigenvalue weighted by atomic mass is 16.4. The summed E-state index contributed by atoms with van der Waals surface area (Å²) in [5.41, 5.74) is -0.0902. The first kappa shape index (κ1) is 19.6. The lowest BCUT2D eigenvalue weighted by Gasteiger charge is -2.31. The summed E-state index contributed by atoms with van der Waals surface area (Å²) in [6.07, 6.45) is 4.12. The number of rotatable bonds is 5. The van der Waals surface area contributed by atoms with Gasteiger partial charge in [-0.15, -0.1) is 0 Å². The van der Waals surface area contributed by atoms with Gasteiger partial charge in [0.05, 0.1) is 11.9 Å². The van der Waals surface area contributed by atoms with E-state index in [1.54, 1.807) is 17.0 Å². The third kappa shape index (κ3) is 4.05. The summed E-state index contributed by atoms with van der Waals surface area (Å²) in [7, 11) is 0. The fraction of sp³-hybridized carbons (Fsp3) is 0.400. The first-order valence-corrected chi connectivity index (χ1v) is 9.23. The molecule has 1 fully saturated rings. The van der Waals surface area contributed by atoms with Crippen molar-refractivity contribution in [3.8, 4) is 0 Å². The number of carbonyl (C=O) groups is 3. The lowest BCUT2D eigenvalue weighted by atomic mass is 9.95. The number of hydrogen-bond acceptors (Lipinski definition) is 4. The molecule has 0 radical (unpaired) electrons. The number of carboxylic acid groups (broad SMARTS) is 1. The SMILES string of the molecule is CC(C)(C(=O)O)n1cc(NC(=O)C2CCN(C(=O)c3ccccc3)CC2)cn1. The van der Waals surface area contributed by atoms with Gasteiger partial charge < -0.3 is 15.3 Å². The Labute approximate surface area is 163 Å². The molecule has 2 aromatic rings. The van der Waals surface area contributed by atoms with E-state index >= 15 is 0 Å². The predicted octanol–water partition coefficient (Wildman–Crippen LogP) is 2.19. The van der Waals surface area contributed by atoms with Crippen LogP contribution in [0.1, 0.15) is 37.0 Å². The molecule has 2 N–H and O–H groups in total. The minimum Gasteiger partial charge on any atom is -0.479 e. The minimum absolute atomic E-state index is 0.0170. The van der Waals surface area contributed by atoms with E-state index in [-0.39, 0.29) is 17.7 Å². The second kappa shape index (κ2) is 7.84. The highest BCUT2D eigenvalue weighted by Crippen LogP contribution is 2.22. The molecule has 1 aromatic heterocycles. The van der Waals surface area contributed by atoms with E-state index in [0.29, 0.717) is 37.2 Å². The van der Waals surface area contributed by atoms with Gasteiger partial charge in [0.15, 0.2) is 5.54 Å². The molecule has 0 unspecified atom stereocenters.